The quantitative estimate of drug-likeness (QED) is 0.747. The average Bonchev–Trinajstić information content (AvgIpc) is 3.01. The summed E-state index contributed by atoms with van der Waals surface area (Å²) in [5, 5.41) is 0. The highest BCUT2D eigenvalue weighted by atomic mass is 16.5. The van der Waals surface area contributed by atoms with E-state index >= 15 is 0 Å². The number of methoxy groups -OCH3 is 1. The summed E-state index contributed by atoms with van der Waals surface area (Å²) in [7, 11) is 5.74. The lowest BCUT2D eigenvalue weighted by Gasteiger charge is -2.11. The molecule has 1 saturated carbocycles. The van der Waals surface area contributed by atoms with Crippen molar-refractivity contribution in [3.8, 4) is 5.75 Å². The SMILES string of the molecule is COc1ccc(C=C2CCCC2=O)cc1.Cc1ccc(N(C)C)cc1. The number of nitrogens with zero attached hydrogens (tertiary/aromatic N) is 1. The van der Waals surface area contributed by atoms with E-state index in [1.54, 1.807) is 7.11 Å². The highest BCUT2D eigenvalue weighted by Gasteiger charge is 2.16. The Morgan fingerprint density at radius 1 is 0.960 bits per heavy atom. The van der Waals surface area contributed by atoms with E-state index in [4.69, 9.17) is 4.74 Å². The average molecular weight is 337 g/mol. The Bertz CT molecular complexity index is 713. The highest BCUT2D eigenvalue weighted by Crippen LogP contribution is 2.23. The zero-order valence-electron chi connectivity index (χ0n) is 15.6. The molecule has 3 nitrogen and oxygen atoms in total. The van der Waals surface area contributed by atoms with E-state index in [-0.39, 0.29) is 0 Å². The first-order valence-electron chi connectivity index (χ1n) is 8.61. The molecule has 3 heteroatoms. The van der Waals surface area contributed by atoms with Crippen LogP contribution >= 0.6 is 0 Å². The number of anilines is 1. The summed E-state index contributed by atoms with van der Waals surface area (Å²) in [6.45, 7) is 2.10. The lowest BCUT2D eigenvalue weighted by Crippen LogP contribution is -2.07. The molecule has 2 aromatic carbocycles. The second-order valence-corrected chi connectivity index (χ2v) is 6.45. The Morgan fingerprint density at radius 3 is 2.08 bits per heavy atom. The van der Waals surface area contributed by atoms with Gasteiger partial charge < -0.3 is 9.64 Å². The first-order valence-corrected chi connectivity index (χ1v) is 8.61. The van der Waals surface area contributed by atoms with Crippen molar-refractivity contribution in [1.29, 1.82) is 0 Å². The van der Waals surface area contributed by atoms with Gasteiger partial charge in [-0.05, 0) is 61.2 Å². The van der Waals surface area contributed by atoms with Crippen molar-refractivity contribution in [1.82, 2.24) is 0 Å². The second kappa shape index (κ2) is 9.07. The lowest BCUT2D eigenvalue weighted by atomic mass is 10.1. The molecule has 0 radical (unpaired) electrons. The van der Waals surface area contributed by atoms with E-state index < -0.39 is 0 Å². The van der Waals surface area contributed by atoms with E-state index in [1.165, 1.54) is 11.3 Å². The summed E-state index contributed by atoms with van der Waals surface area (Å²) in [4.78, 5) is 13.5. The summed E-state index contributed by atoms with van der Waals surface area (Å²) >= 11 is 0. The van der Waals surface area contributed by atoms with Crippen LogP contribution in [0.1, 0.15) is 30.4 Å². The molecule has 1 aliphatic carbocycles. The summed E-state index contributed by atoms with van der Waals surface area (Å²) in [5.41, 5.74) is 4.59. The van der Waals surface area contributed by atoms with Crippen molar-refractivity contribution in [2.24, 2.45) is 0 Å². The fraction of sp³-hybridized carbons (Fsp3) is 0.318. The third-order valence-corrected chi connectivity index (χ3v) is 4.22. The number of ether oxygens (including phenoxy) is 1. The van der Waals surface area contributed by atoms with Gasteiger partial charge in [-0.25, -0.2) is 0 Å². The van der Waals surface area contributed by atoms with Crippen LogP contribution in [0.25, 0.3) is 6.08 Å². The van der Waals surface area contributed by atoms with Crippen molar-refractivity contribution in [3.63, 3.8) is 0 Å². The Kier molecular flexibility index (Phi) is 6.81. The Morgan fingerprint density at radius 2 is 1.60 bits per heavy atom. The largest absolute Gasteiger partial charge is 0.497 e. The monoisotopic (exact) mass is 337 g/mol. The standard InChI is InChI=1S/C13H14O2.C9H13N/c1-15-12-7-5-10(6-8-12)9-11-3-2-4-13(11)14;1-8-4-6-9(7-5-8)10(2)3/h5-9H,2-4H2,1H3;4-7H,1-3H3. The van der Waals surface area contributed by atoms with Crippen LogP contribution in [0.5, 0.6) is 5.75 Å². The van der Waals surface area contributed by atoms with Crippen LogP contribution in [-0.4, -0.2) is 27.0 Å². The minimum Gasteiger partial charge on any atom is -0.497 e. The molecule has 0 saturated heterocycles. The maximum absolute atomic E-state index is 11.4. The molecule has 0 amide bonds. The third kappa shape index (κ3) is 5.79. The molecule has 0 unspecified atom stereocenters. The fourth-order valence-corrected chi connectivity index (χ4v) is 2.64. The molecular formula is C22H27NO2. The number of carbonyl (C=O) groups is 1. The smallest absolute Gasteiger partial charge is 0.158 e. The van der Waals surface area contributed by atoms with Gasteiger partial charge in [0.2, 0.25) is 0 Å². The lowest BCUT2D eigenvalue weighted by molar-refractivity contribution is -0.114. The van der Waals surface area contributed by atoms with Crippen molar-refractivity contribution in [2.45, 2.75) is 26.2 Å². The van der Waals surface area contributed by atoms with Gasteiger partial charge in [-0.2, -0.15) is 0 Å². The Balaban J connectivity index is 0.000000196. The number of hydrogen-bond donors (Lipinski definition) is 0. The predicted octanol–water partition coefficient (Wildman–Crippen LogP) is 4.89. The molecule has 0 bridgehead atoms. The Hall–Kier alpha value is -2.55. The number of hydrogen-bond acceptors (Lipinski definition) is 3. The van der Waals surface area contributed by atoms with Gasteiger partial charge in [0.1, 0.15) is 5.75 Å². The van der Waals surface area contributed by atoms with Gasteiger partial charge in [-0.1, -0.05) is 29.8 Å². The first-order chi connectivity index (χ1) is 12.0. The molecule has 0 atom stereocenters. The fourth-order valence-electron chi connectivity index (χ4n) is 2.64. The number of aryl methyl sites for hydroxylation is 1. The van der Waals surface area contributed by atoms with Gasteiger partial charge in [0, 0.05) is 26.2 Å². The number of rotatable bonds is 3. The molecule has 0 spiro atoms. The topological polar surface area (TPSA) is 29.5 Å². The van der Waals surface area contributed by atoms with Crippen LogP contribution < -0.4 is 9.64 Å². The minimum absolute atomic E-state index is 0.297. The van der Waals surface area contributed by atoms with Crippen molar-refractivity contribution < 1.29 is 9.53 Å². The van der Waals surface area contributed by atoms with Gasteiger partial charge in [0.05, 0.1) is 7.11 Å². The predicted molar refractivity (Wildman–Crippen MR) is 105 cm³/mol. The molecule has 0 N–H and O–H groups in total. The summed E-state index contributed by atoms with van der Waals surface area (Å²) < 4.78 is 5.07. The third-order valence-electron chi connectivity index (χ3n) is 4.22. The number of allylic oxidation sites excluding steroid dienone is 1. The number of ketones is 1. The molecule has 132 valence electrons. The molecule has 0 aromatic heterocycles. The minimum atomic E-state index is 0.297. The second-order valence-electron chi connectivity index (χ2n) is 6.45. The van der Waals surface area contributed by atoms with E-state index in [9.17, 15) is 4.79 Å². The number of carbonyl (C=O) groups excluding carboxylic acids is 1. The van der Waals surface area contributed by atoms with E-state index in [2.05, 4.69) is 36.1 Å². The van der Waals surface area contributed by atoms with E-state index in [1.807, 2.05) is 44.4 Å². The summed E-state index contributed by atoms with van der Waals surface area (Å²) in [5.74, 6) is 1.14. The summed E-state index contributed by atoms with van der Waals surface area (Å²) in [6.07, 6.45) is 4.61. The molecule has 25 heavy (non-hydrogen) atoms. The maximum Gasteiger partial charge on any atom is 0.158 e. The van der Waals surface area contributed by atoms with Crippen LogP contribution in [0.2, 0.25) is 0 Å². The highest BCUT2D eigenvalue weighted by molar-refractivity contribution is 6.01. The summed E-state index contributed by atoms with van der Waals surface area (Å²) in [6, 6.07) is 16.2. The van der Waals surface area contributed by atoms with Crippen LogP contribution in [-0.2, 0) is 4.79 Å². The van der Waals surface area contributed by atoms with Crippen molar-refractivity contribution in [3.05, 3.63) is 65.2 Å². The normalized spacial score (nSPS) is 14.9. The Labute approximate surface area is 150 Å². The van der Waals surface area contributed by atoms with Gasteiger partial charge in [-0.3, -0.25) is 4.79 Å². The van der Waals surface area contributed by atoms with Gasteiger partial charge >= 0.3 is 0 Å². The van der Waals surface area contributed by atoms with Crippen LogP contribution in [0.15, 0.2) is 54.1 Å². The molecule has 1 aliphatic rings. The van der Waals surface area contributed by atoms with Crippen molar-refractivity contribution >= 4 is 17.5 Å². The molecule has 0 heterocycles. The molecule has 3 rings (SSSR count). The van der Waals surface area contributed by atoms with Crippen LogP contribution in [0, 0.1) is 6.92 Å². The number of benzene rings is 2. The van der Waals surface area contributed by atoms with Crippen molar-refractivity contribution in [2.75, 3.05) is 26.1 Å². The maximum atomic E-state index is 11.4. The van der Waals surface area contributed by atoms with Gasteiger partial charge in [0.25, 0.3) is 0 Å². The molecule has 1 fully saturated rings. The number of Topliss-reactive ketones (excluding diaryl/α,β-unsaturated/α-hetero) is 1. The molecule has 0 aliphatic heterocycles. The van der Waals surface area contributed by atoms with Crippen LogP contribution in [0.3, 0.4) is 0 Å². The first kappa shape index (κ1) is 18.8. The van der Waals surface area contributed by atoms with E-state index in [0.717, 1.165) is 29.7 Å². The van der Waals surface area contributed by atoms with Gasteiger partial charge in [0.15, 0.2) is 5.78 Å². The zero-order chi connectivity index (χ0) is 18.2. The van der Waals surface area contributed by atoms with Gasteiger partial charge in [-0.15, -0.1) is 0 Å². The molecular weight excluding hydrogens is 310 g/mol. The molecule has 2 aromatic rings. The van der Waals surface area contributed by atoms with Crippen LogP contribution in [0.4, 0.5) is 5.69 Å². The zero-order valence-corrected chi connectivity index (χ0v) is 15.6. The van der Waals surface area contributed by atoms with E-state index in [0.29, 0.717) is 12.2 Å².